The van der Waals surface area contributed by atoms with Gasteiger partial charge in [-0.05, 0) is 45.4 Å². The van der Waals surface area contributed by atoms with Crippen LogP contribution in [-0.2, 0) is 9.84 Å². The monoisotopic (exact) mass is 296 g/mol. The Labute approximate surface area is 102 Å². The zero-order chi connectivity index (χ0) is 11.7. The molecule has 0 spiro atoms. The molecule has 0 atom stereocenters. The lowest BCUT2D eigenvalue weighted by Crippen LogP contribution is -2.37. The molecular weight excluding hydrogens is 276 g/mol. The minimum atomic E-state index is -2.94. The highest BCUT2D eigenvalue weighted by molar-refractivity contribution is 9.09. The predicted octanol–water partition coefficient (Wildman–Crippen LogP) is 3.16. The quantitative estimate of drug-likeness (QED) is 0.747. The minimum Gasteiger partial charge on any atom is -0.228 e. The van der Waals surface area contributed by atoms with Gasteiger partial charge in [-0.25, -0.2) is 8.42 Å². The van der Waals surface area contributed by atoms with Gasteiger partial charge in [0.05, 0.1) is 10.5 Å². The van der Waals surface area contributed by atoms with Gasteiger partial charge in [0.2, 0.25) is 0 Å². The highest BCUT2D eigenvalue weighted by Crippen LogP contribution is 2.45. The molecule has 0 aromatic carbocycles. The molecule has 90 valence electrons. The Morgan fingerprint density at radius 2 is 1.80 bits per heavy atom. The van der Waals surface area contributed by atoms with Crippen molar-refractivity contribution < 1.29 is 8.42 Å². The van der Waals surface area contributed by atoms with E-state index in [-0.39, 0.29) is 5.41 Å². The van der Waals surface area contributed by atoms with Crippen LogP contribution in [0, 0.1) is 5.41 Å². The highest BCUT2D eigenvalue weighted by Gasteiger charge is 2.38. The maximum absolute atomic E-state index is 11.9. The molecule has 0 N–H and O–H groups in total. The first-order chi connectivity index (χ1) is 6.72. The van der Waals surface area contributed by atoms with E-state index in [1.54, 1.807) is 20.8 Å². The topological polar surface area (TPSA) is 34.1 Å². The summed E-state index contributed by atoms with van der Waals surface area (Å²) < 4.78 is 23.3. The molecule has 0 amide bonds. The van der Waals surface area contributed by atoms with Gasteiger partial charge in [0.25, 0.3) is 0 Å². The average Bonchev–Trinajstić information content (AvgIpc) is 2.00. The SMILES string of the molecule is CC(C)(C)S(=O)(=O)CCC1(CBr)CCC1. The van der Waals surface area contributed by atoms with Crippen LogP contribution in [0.2, 0.25) is 0 Å². The summed E-state index contributed by atoms with van der Waals surface area (Å²) in [5.74, 6) is 0.335. The zero-order valence-corrected chi connectivity index (χ0v) is 12.2. The molecule has 0 radical (unpaired) electrons. The lowest BCUT2D eigenvalue weighted by atomic mass is 9.69. The Bertz CT molecular complexity index is 304. The van der Waals surface area contributed by atoms with Gasteiger partial charge in [-0.1, -0.05) is 22.4 Å². The molecule has 0 bridgehead atoms. The summed E-state index contributed by atoms with van der Waals surface area (Å²) in [6.07, 6.45) is 4.43. The van der Waals surface area contributed by atoms with E-state index in [0.717, 1.165) is 11.8 Å². The van der Waals surface area contributed by atoms with Crippen molar-refractivity contribution in [2.45, 2.75) is 51.2 Å². The first-order valence-electron chi connectivity index (χ1n) is 5.51. The highest BCUT2D eigenvalue weighted by atomic mass is 79.9. The number of sulfone groups is 1. The van der Waals surface area contributed by atoms with Crippen molar-refractivity contribution in [2.75, 3.05) is 11.1 Å². The van der Waals surface area contributed by atoms with Gasteiger partial charge in [-0.3, -0.25) is 0 Å². The molecule has 1 rings (SSSR count). The lowest BCUT2D eigenvalue weighted by Gasteiger charge is -2.41. The van der Waals surface area contributed by atoms with E-state index in [2.05, 4.69) is 15.9 Å². The predicted molar refractivity (Wildman–Crippen MR) is 68.2 cm³/mol. The summed E-state index contributed by atoms with van der Waals surface area (Å²) in [7, 11) is -2.94. The maximum Gasteiger partial charge on any atom is 0.155 e. The summed E-state index contributed by atoms with van der Waals surface area (Å²) in [4.78, 5) is 0. The molecular formula is C11H21BrO2S. The van der Waals surface area contributed by atoms with Crippen LogP contribution in [0.5, 0.6) is 0 Å². The number of alkyl halides is 1. The lowest BCUT2D eigenvalue weighted by molar-refractivity contribution is 0.164. The Hall–Kier alpha value is 0.430. The summed E-state index contributed by atoms with van der Waals surface area (Å²) >= 11 is 3.51. The van der Waals surface area contributed by atoms with E-state index in [0.29, 0.717) is 5.75 Å². The van der Waals surface area contributed by atoms with Gasteiger partial charge in [0, 0.05) is 5.33 Å². The van der Waals surface area contributed by atoms with Gasteiger partial charge < -0.3 is 0 Å². The molecule has 1 aliphatic rings. The molecule has 15 heavy (non-hydrogen) atoms. The van der Waals surface area contributed by atoms with E-state index in [1.807, 2.05) is 0 Å². The smallest absolute Gasteiger partial charge is 0.155 e. The summed E-state index contributed by atoms with van der Waals surface area (Å²) in [6.45, 7) is 5.34. The standard InChI is InChI=1S/C11H21BrO2S/c1-10(2,3)15(13,14)8-7-11(9-12)5-4-6-11/h4-9H2,1-3H3. The molecule has 0 aromatic rings. The molecule has 0 aromatic heterocycles. The van der Waals surface area contributed by atoms with Crippen molar-refractivity contribution in [1.82, 2.24) is 0 Å². The third-order valence-corrected chi connectivity index (χ3v) is 7.33. The molecule has 4 heteroatoms. The fraction of sp³-hybridized carbons (Fsp3) is 1.00. The van der Waals surface area contributed by atoms with Crippen LogP contribution in [0.25, 0.3) is 0 Å². The summed E-state index contributed by atoms with van der Waals surface area (Å²) in [6, 6.07) is 0. The molecule has 0 unspecified atom stereocenters. The Kier molecular flexibility index (Phi) is 3.92. The largest absolute Gasteiger partial charge is 0.228 e. The number of hydrogen-bond donors (Lipinski definition) is 0. The molecule has 0 aliphatic heterocycles. The van der Waals surface area contributed by atoms with Gasteiger partial charge >= 0.3 is 0 Å². The number of halogens is 1. The first kappa shape index (κ1) is 13.5. The van der Waals surface area contributed by atoms with E-state index in [1.165, 1.54) is 19.3 Å². The van der Waals surface area contributed by atoms with Crippen LogP contribution in [0.4, 0.5) is 0 Å². The number of rotatable bonds is 4. The van der Waals surface area contributed by atoms with Crippen molar-refractivity contribution >= 4 is 25.8 Å². The second-order valence-corrected chi connectivity index (χ2v) is 9.09. The van der Waals surface area contributed by atoms with E-state index in [4.69, 9.17) is 0 Å². The fourth-order valence-electron chi connectivity index (χ4n) is 1.78. The number of hydrogen-bond acceptors (Lipinski definition) is 2. The zero-order valence-electron chi connectivity index (χ0n) is 9.85. The van der Waals surface area contributed by atoms with Crippen molar-refractivity contribution in [2.24, 2.45) is 5.41 Å². The van der Waals surface area contributed by atoms with E-state index >= 15 is 0 Å². The molecule has 1 aliphatic carbocycles. The van der Waals surface area contributed by atoms with Crippen LogP contribution < -0.4 is 0 Å². The molecule has 0 heterocycles. The van der Waals surface area contributed by atoms with Crippen molar-refractivity contribution in [1.29, 1.82) is 0 Å². The van der Waals surface area contributed by atoms with E-state index < -0.39 is 14.6 Å². The summed E-state index contributed by atoms with van der Waals surface area (Å²) in [5.41, 5.74) is 0.276. The van der Waals surface area contributed by atoms with Crippen molar-refractivity contribution in [3.63, 3.8) is 0 Å². The third kappa shape index (κ3) is 2.96. The normalized spacial score (nSPS) is 21.1. The van der Waals surface area contributed by atoms with Crippen LogP contribution in [0.15, 0.2) is 0 Å². The minimum absolute atomic E-state index is 0.276. The molecule has 1 saturated carbocycles. The Morgan fingerprint density at radius 1 is 1.27 bits per heavy atom. The van der Waals surface area contributed by atoms with Crippen molar-refractivity contribution in [3.8, 4) is 0 Å². The molecule has 0 saturated heterocycles. The third-order valence-electron chi connectivity index (χ3n) is 3.53. The maximum atomic E-state index is 11.9. The second-order valence-electron chi connectivity index (χ2n) is 5.67. The van der Waals surface area contributed by atoms with Crippen LogP contribution in [-0.4, -0.2) is 24.2 Å². The fourth-order valence-corrected chi connectivity index (χ4v) is 3.94. The van der Waals surface area contributed by atoms with Gasteiger partial charge in [-0.2, -0.15) is 0 Å². The van der Waals surface area contributed by atoms with Crippen LogP contribution >= 0.6 is 15.9 Å². The molecule has 2 nitrogen and oxygen atoms in total. The van der Waals surface area contributed by atoms with Gasteiger partial charge in [0.1, 0.15) is 0 Å². The van der Waals surface area contributed by atoms with Gasteiger partial charge in [0.15, 0.2) is 9.84 Å². The molecule has 1 fully saturated rings. The Balaban J connectivity index is 2.57. The van der Waals surface area contributed by atoms with Crippen LogP contribution in [0.3, 0.4) is 0 Å². The first-order valence-corrected chi connectivity index (χ1v) is 8.28. The van der Waals surface area contributed by atoms with Crippen molar-refractivity contribution in [3.05, 3.63) is 0 Å². The second kappa shape index (κ2) is 4.36. The summed E-state index contributed by atoms with van der Waals surface area (Å²) in [5, 5.41) is 0.944. The van der Waals surface area contributed by atoms with Crippen LogP contribution in [0.1, 0.15) is 46.5 Å². The average molecular weight is 297 g/mol. The Morgan fingerprint density at radius 3 is 2.07 bits per heavy atom. The van der Waals surface area contributed by atoms with Gasteiger partial charge in [-0.15, -0.1) is 0 Å². The van der Waals surface area contributed by atoms with E-state index in [9.17, 15) is 8.42 Å².